The van der Waals surface area contributed by atoms with Gasteiger partial charge in [0, 0.05) is 26.7 Å². The van der Waals surface area contributed by atoms with Gasteiger partial charge in [-0.25, -0.2) is 13.1 Å². The van der Waals surface area contributed by atoms with Crippen LogP contribution in [0.1, 0.15) is 17.5 Å². The third-order valence-corrected chi connectivity index (χ3v) is 4.87. The lowest BCUT2D eigenvalue weighted by atomic mass is 10.0. The van der Waals surface area contributed by atoms with Gasteiger partial charge in [-0.15, -0.1) is 0 Å². The maximum Gasteiger partial charge on any atom is 0.215 e. The summed E-state index contributed by atoms with van der Waals surface area (Å²) in [6, 6.07) is 8.66. The van der Waals surface area contributed by atoms with Crippen molar-refractivity contribution in [2.24, 2.45) is 0 Å². The molecule has 0 aromatic heterocycles. The lowest BCUT2D eigenvalue weighted by molar-refractivity contribution is -0.0120. The average Bonchev–Trinajstić information content (AvgIpc) is 2.95. The van der Waals surface area contributed by atoms with E-state index in [0.717, 1.165) is 0 Å². The molecule has 0 bridgehead atoms. The zero-order valence-electron chi connectivity index (χ0n) is 11.8. The molecule has 0 radical (unpaired) electrons. The van der Waals surface area contributed by atoms with E-state index in [1.807, 2.05) is 6.07 Å². The molecule has 0 saturated carbocycles. The fourth-order valence-electron chi connectivity index (χ4n) is 2.21. The fraction of sp³-hybridized carbons (Fsp3) is 0.500. The van der Waals surface area contributed by atoms with Gasteiger partial charge >= 0.3 is 0 Å². The van der Waals surface area contributed by atoms with Crippen LogP contribution in [0.4, 0.5) is 0 Å². The molecule has 1 saturated heterocycles. The molecule has 1 aliphatic rings. The van der Waals surface area contributed by atoms with E-state index in [4.69, 9.17) is 14.7 Å². The lowest BCUT2D eigenvalue weighted by Gasteiger charge is -2.25. The molecule has 0 amide bonds. The van der Waals surface area contributed by atoms with Gasteiger partial charge in [-0.05, 0) is 11.6 Å². The van der Waals surface area contributed by atoms with Gasteiger partial charge in [-0.1, -0.05) is 18.2 Å². The van der Waals surface area contributed by atoms with Gasteiger partial charge in [-0.3, -0.25) is 0 Å². The normalized spacial score (nSPS) is 22.1. The first kappa shape index (κ1) is 15.9. The Morgan fingerprint density at radius 1 is 1.48 bits per heavy atom. The van der Waals surface area contributed by atoms with Crippen molar-refractivity contribution in [3.63, 3.8) is 0 Å². The Balaban J connectivity index is 2.04. The van der Waals surface area contributed by atoms with Crippen molar-refractivity contribution in [2.45, 2.75) is 17.8 Å². The van der Waals surface area contributed by atoms with Crippen LogP contribution in [0.3, 0.4) is 0 Å². The third-order valence-electron chi connectivity index (χ3n) is 3.60. The molecular formula is C14H18N2O4S. The summed E-state index contributed by atoms with van der Waals surface area (Å²) in [6.07, 6.45) is 0.654. The standard InChI is InChI=1S/C14H18N2O4S/c1-19-14(6-7-20-11-14)10-16-21(17,18)9-13-5-3-2-4-12(13)8-15/h2-5,16H,6-7,9-11H2,1H3. The largest absolute Gasteiger partial charge is 0.378 e. The predicted molar refractivity (Wildman–Crippen MR) is 77.0 cm³/mol. The Bertz CT molecular complexity index is 631. The summed E-state index contributed by atoms with van der Waals surface area (Å²) in [5, 5.41) is 9.00. The van der Waals surface area contributed by atoms with Crippen LogP contribution in [0.15, 0.2) is 24.3 Å². The molecule has 1 unspecified atom stereocenters. The van der Waals surface area contributed by atoms with Crippen molar-refractivity contribution in [3.05, 3.63) is 35.4 Å². The van der Waals surface area contributed by atoms with E-state index in [2.05, 4.69) is 4.72 Å². The zero-order chi connectivity index (χ0) is 15.3. The number of sulfonamides is 1. The smallest absolute Gasteiger partial charge is 0.215 e. The minimum absolute atomic E-state index is 0.167. The summed E-state index contributed by atoms with van der Waals surface area (Å²) < 4.78 is 37.5. The quantitative estimate of drug-likeness (QED) is 0.839. The van der Waals surface area contributed by atoms with Crippen LogP contribution in [-0.4, -0.2) is 40.9 Å². The highest BCUT2D eigenvalue weighted by Crippen LogP contribution is 2.22. The van der Waals surface area contributed by atoms with Crippen LogP contribution in [-0.2, 0) is 25.2 Å². The second kappa shape index (κ2) is 6.54. The molecule has 2 rings (SSSR count). The summed E-state index contributed by atoms with van der Waals surface area (Å²) in [5.41, 5.74) is 0.261. The van der Waals surface area contributed by atoms with Crippen LogP contribution in [0.5, 0.6) is 0 Å². The number of nitriles is 1. The lowest BCUT2D eigenvalue weighted by Crippen LogP contribution is -2.45. The van der Waals surface area contributed by atoms with Crippen LogP contribution in [0, 0.1) is 11.3 Å². The highest BCUT2D eigenvalue weighted by molar-refractivity contribution is 7.88. The highest BCUT2D eigenvalue weighted by atomic mass is 32.2. The molecule has 21 heavy (non-hydrogen) atoms. The van der Waals surface area contributed by atoms with Crippen molar-refractivity contribution in [1.29, 1.82) is 5.26 Å². The number of benzene rings is 1. The summed E-state index contributed by atoms with van der Waals surface area (Å²) >= 11 is 0. The Labute approximate surface area is 124 Å². The maximum atomic E-state index is 12.2. The molecule has 1 aromatic carbocycles. The first-order valence-electron chi connectivity index (χ1n) is 6.58. The first-order chi connectivity index (χ1) is 10.0. The fourth-order valence-corrected chi connectivity index (χ4v) is 3.46. The minimum atomic E-state index is -3.54. The molecular weight excluding hydrogens is 292 g/mol. The van der Waals surface area contributed by atoms with E-state index in [1.54, 1.807) is 31.4 Å². The SMILES string of the molecule is COC1(CNS(=O)(=O)Cc2ccccc2C#N)CCOC1. The molecule has 0 spiro atoms. The molecule has 1 fully saturated rings. The molecule has 1 aliphatic heterocycles. The Hall–Kier alpha value is -1.46. The number of hydrogen-bond acceptors (Lipinski definition) is 5. The molecule has 1 N–H and O–H groups in total. The average molecular weight is 310 g/mol. The van der Waals surface area contributed by atoms with E-state index in [9.17, 15) is 8.42 Å². The van der Waals surface area contributed by atoms with Crippen molar-refractivity contribution in [3.8, 4) is 6.07 Å². The van der Waals surface area contributed by atoms with Crippen LogP contribution >= 0.6 is 0 Å². The van der Waals surface area contributed by atoms with Crippen molar-refractivity contribution >= 4 is 10.0 Å². The van der Waals surface area contributed by atoms with E-state index in [-0.39, 0.29) is 12.3 Å². The Morgan fingerprint density at radius 2 is 2.24 bits per heavy atom. The Morgan fingerprint density at radius 3 is 2.86 bits per heavy atom. The van der Waals surface area contributed by atoms with E-state index in [0.29, 0.717) is 30.8 Å². The number of hydrogen-bond donors (Lipinski definition) is 1. The van der Waals surface area contributed by atoms with E-state index >= 15 is 0 Å². The van der Waals surface area contributed by atoms with Crippen LogP contribution in [0.25, 0.3) is 0 Å². The molecule has 7 heteroatoms. The van der Waals surface area contributed by atoms with Gasteiger partial charge in [0.05, 0.1) is 24.0 Å². The second-order valence-corrected chi connectivity index (χ2v) is 6.85. The first-order valence-corrected chi connectivity index (χ1v) is 8.24. The summed E-state index contributed by atoms with van der Waals surface area (Å²) in [6.45, 7) is 1.11. The number of methoxy groups -OCH3 is 1. The zero-order valence-corrected chi connectivity index (χ0v) is 12.6. The van der Waals surface area contributed by atoms with Crippen molar-refractivity contribution in [1.82, 2.24) is 4.72 Å². The van der Waals surface area contributed by atoms with Gasteiger partial charge in [0.15, 0.2) is 0 Å². The van der Waals surface area contributed by atoms with E-state index in [1.165, 1.54) is 0 Å². The summed E-state index contributed by atoms with van der Waals surface area (Å²) in [4.78, 5) is 0. The highest BCUT2D eigenvalue weighted by Gasteiger charge is 2.36. The maximum absolute atomic E-state index is 12.2. The molecule has 1 atom stereocenters. The molecule has 1 aromatic rings. The summed E-state index contributed by atoms with van der Waals surface area (Å²) in [5.74, 6) is -0.225. The van der Waals surface area contributed by atoms with Crippen LogP contribution < -0.4 is 4.72 Å². The molecule has 6 nitrogen and oxygen atoms in total. The molecule has 1 heterocycles. The third kappa shape index (κ3) is 4.02. The number of ether oxygens (including phenoxy) is 2. The molecule has 0 aliphatic carbocycles. The number of nitrogens with one attached hydrogen (secondary N) is 1. The number of rotatable bonds is 6. The van der Waals surface area contributed by atoms with Gasteiger partial charge < -0.3 is 9.47 Å². The van der Waals surface area contributed by atoms with E-state index < -0.39 is 15.6 Å². The molecule has 114 valence electrons. The predicted octanol–water partition coefficient (Wildman–Crippen LogP) is 0.783. The number of nitrogens with zero attached hydrogens (tertiary/aromatic N) is 1. The second-order valence-electron chi connectivity index (χ2n) is 5.04. The minimum Gasteiger partial charge on any atom is -0.378 e. The topological polar surface area (TPSA) is 88.4 Å². The van der Waals surface area contributed by atoms with Gasteiger partial charge in [0.1, 0.15) is 5.60 Å². The van der Waals surface area contributed by atoms with Gasteiger partial charge in [-0.2, -0.15) is 5.26 Å². The van der Waals surface area contributed by atoms with Gasteiger partial charge in [0.2, 0.25) is 10.0 Å². The monoisotopic (exact) mass is 310 g/mol. The van der Waals surface area contributed by atoms with Crippen molar-refractivity contribution in [2.75, 3.05) is 26.9 Å². The Kier molecular flexibility index (Phi) is 4.96. The van der Waals surface area contributed by atoms with Crippen LogP contribution in [0.2, 0.25) is 0 Å². The van der Waals surface area contributed by atoms with Crippen molar-refractivity contribution < 1.29 is 17.9 Å². The summed E-state index contributed by atoms with van der Waals surface area (Å²) in [7, 11) is -1.99. The van der Waals surface area contributed by atoms with Gasteiger partial charge in [0.25, 0.3) is 0 Å².